The summed E-state index contributed by atoms with van der Waals surface area (Å²) >= 11 is 0. The van der Waals surface area contributed by atoms with Crippen LogP contribution in [0.1, 0.15) is 0 Å². The largest absolute Gasteiger partial charge is 0.497 e. The number of methoxy groups -OCH3 is 1. The van der Waals surface area contributed by atoms with Gasteiger partial charge >= 0.3 is 0 Å². The van der Waals surface area contributed by atoms with Crippen molar-refractivity contribution in [3.05, 3.63) is 58.8 Å². The molecule has 0 atom stereocenters. The van der Waals surface area contributed by atoms with Crippen LogP contribution in [0, 0.1) is 0 Å². The van der Waals surface area contributed by atoms with Crippen LogP contribution < -0.4 is 15.9 Å². The van der Waals surface area contributed by atoms with E-state index >= 15 is 0 Å². The minimum Gasteiger partial charge on any atom is -0.497 e. The molecule has 0 aliphatic heterocycles. The fourth-order valence-corrected chi connectivity index (χ4v) is 2.21. The quantitative estimate of drug-likeness (QED) is 0.775. The van der Waals surface area contributed by atoms with E-state index in [-0.39, 0.29) is 11.3 Å². The van der Waals surface area contributed by atoms with E-state index in [0.29, 0.717) is 27.8 Å². The van der Waals surface area contributed by atoms with Gasteiger partial charge in [0.25, 0.3) is 0 Å². The van der Waals surface area contributed by atoms with Crippen LogP contribution in [-0.2, 0) is 0 Å². The normalized spacial score (nSPS) is 10.7. The molecule has 0 bridgehead atoms. The van der Waals surface area contributed by atoms with E-state index in [9.17, 15) is 4.79 Å². The van der Waals surface area contributed by atoms with Gasteiger partial charge in [0, 0.05) is 0 Å². The highest BCUT2D eigenvalue weighted by Gasteiger charge is 2.14. The van der Waals surface area contributed by atoms with Gasteiger partial charge < -0.3 is 14.9 Å². The van der Waals surface area contributed by atoms with Crippen molar-refractivity contribution in [3.63, 3.8) is 0 Å². The molecule has 2 N–H and O–H groups in total. The lowest BCUT2D eigenvalue weighted by Gasteiger charge is -2.07. The van der Waals surface area contributed by atoms with Crippen LogP contribution in [0.4, 0.5) is 5.88 Å². The molecule has 0 unspecified atom stereocenters. The van der Waals surface area contributed by atoms with E-state index in [4.69, 9.17) is 14.9 Å². The van der Waals surface area contributed by atoms with Gasteiger partial charge in [-0.25, -0.2) is 0 Å². The first-order valence-electron chi connectivity index (χ1n) is 6.16. The van der Waals surface area contributed by atoms with Crippen LogP contribution in [0.15, 0.2) is 57.7 Å². The van der Waals surface area contributed by atoms with E-state index in [1.165, 1.54) is 0 Å². The second kappa shape index (κ2) is 4.74. The van der Waals surface area contributed by atoms with Crippen molar-refractivity contribution in [3.8, 4) is 16.9 Å². The van der Waals surface area contributed by atoms with Gasteiger partial charge in [-0.2, -0.15) is 0 Å². The topological polar surface area (TPSA) is 65.5 Å². The van der Waals surface area contributed by atoms with Crippen LogP contribution >= 0.6 is 0 Å². The van der Waals surface area contributed by atoms with E-state index in [1.54, 1.807) is 43.5 Å². The molecule has 0 aliphatic carbocycles. The average Bonchev–Trinajstić information content (AvgIpc) is 2.47. The number of fused-ring (bicyclic) bond motifs is 1. The van der Waals surface area contributed by atoms with Gasteiger partial charge in [0.2, 0.25) is 11.3 Å². The maximum absolute atomic E-state index is 12.6. The summed E-state index contributed by atoms with van der Waals surface area (Å²) in [7, 11) is 1.57. The van der Waals surface area contributed by atoms with E-state index in [0.717, 1.165) is 0 Å². The minimum atomic E-state index is -0.141. The third kappa shape index (κ3) is 1.91. The van der Waals surface area contributed by atoms with Gasteiger partial charge in [0.15, 0.2) is 0 Å². The zero-order valence-corrected chi connectivity index (χ0v) is 10.9. The first-order valence-corrected chi connectivity index (χ1v) is 6.16. The molecule has 3 rings (SSSR count). The Balaban J connectivity index is 2.33. The molecule has 0 saturated heterocycles. The molecule has 3 aromatic rings. The van der Waals surface area contributed by atoms with Crippen molar-refractivity contribution < 1.29 is 9.15 Å². The van der Waals surface area contributed by atoms with E-state index in [1.807, 2.05) is 12.1 Å². The number of nitrogens with two attached hydrogens (primary N) is 1. The van der Waals surface area contributed by atoms with Gasteiger partial charge in [0.05, 0.1) is 18.1 Å². The number of anilines is 1. The Morgan fingerprint density at radius 3 is 2.70 bits per heavy atom. The summed E-state index contributed by atoms with van der Waals surface area (Å²) in [6, 6.07) is 14.2. The molecule has 0 amide bonds. The first-order chi connectivity index (χ1) is 9.70. The van der Waals surface area contributed by atoms with Gasteiger partial charge in [0.1, 0.15) is 11.3 Å². The highest BCUT2D eigenvalue weighted by atomic mass is 16.5. The lowest BCUT2D eigenvalue weighted by atomic mass is 10.0. The molecular formula is C16H13NO3. The molecule has 0 fully saturated rings. The second-order valence-corrected chi connectivity index (χ2v) is 4.40. The second-order valence-electron chi connectivity index (χ2n) is 4.40. The number of hydrogen-bond acceptors (Lipinski definition) is 4. The van der Waals surface area contributed by atoms with Crippen LogP contribution in [0.25, 0.3) is 22.1 Å². The van der Waals surface area contributed by atoms with Crippen LogP contribution in [-0.4, -0.2) is 7.11 Å². The maximum Gasteiger partial charge on any atom is 0.202 e. The van der Waals surface area contributed by atoms with Crippen molar-refractivity contribution >= 4 is 16.9 Å². The SMILES string of the molecule is COc1cccc(-c2c(N)oc3ccccc3c2=O)c1. The highest BCUT2D eigenvalue weighted by molar-refractivity contribution is 5.86. The average molecular weight is 267 g/mol. The molecule has 1 aromatic heterocycles. The number of para-hydroxylation sites is 1. The molecule has 4 heteroatoms. The number of benzene rings is 2. The third-order valence-electron chi connectivity index (χ3n) is 3.18. The molecule has 100 valence electrons. The molecular weight excluding hydrogens is 254 g/mol. The van der Waals surface area contributed by atoms with Gasteiger partial charge in [-0.15, -0.1) is 0 Å². The number of hydrogen-bond donors (Lipinski definition) is 1. The first kappa shape index (κ1) is 12.3. The Morgan fingerprint density at radius 1 is 1.10 bits per heavy atom. The predicted octanol–water partition coefficient (Wildman–Crippen LogP) is 3.05. The lowest BCUT2D eigenvalue weighted by Crippen LogP contribution is -2.08. The van der Waals surface area contributed by atoms with E-state index < -0.39 is 0 Å². The van der Waals surface area contributed by atoms with Crippen molar-refractivity contribution in [2.45, 2.75) is 0 Å². The Hall–Kier alpha value is -2.75. The van der Waals surface area contributed by atoms with Crippen molar-refractivity contribution in [1.29, 1.82) is 0 Å². The predicted molar refractivity (Wildman–Crippen MR) is 78.9 cm³/mol. The summed E-state index contributed by atoms with van der Waals surface area (Å²) in [6.07, 6.45) is 0. The standard InChI is InChI=1S/C16H13NO3/c1-19-11-6-4-5-10(9-11)14-15(18)12-7-2-3-8-13(12)20-16(14)17/h2-9H,17H2,1H3. The zero-order valence-electron chi connectivity index (χ0n) is 10.9. The van der Waals surface area contributed by atoms with Crippen LogP contribution in [0.2, 0.25) is 0 Å². The summed E-state index contributed by atoms with van der Waals surface area (Å²) in [4.78, 5) is 12.6. The van der Waals surface area contributed by atoms with Crippen molar-refractivity contribution in [1.82, 2.24) is 0 Å². The summed E-state index contributed by atoms with van der Waals surface area (Å²) < 4.78 is 10.7. The summed E-state index contributed by atoms with van der Waals surface area (Å²) in [5.74, 6) is 0.774. The highest BCUT2D eigenvalue weighted by Crippen LogP contribution is 2.28. The number of rotatable bonds is 2. The molecule has 20 heavy (non-hydrogen) atoms. The molecule has 0 spiro atoms. The minimum absolute atomic E-state index is 0.113. The Bertz CT molecular complexity index is 836. The molecule has 0 radical (unpaired) electrons. The monoisotopic (exact) mass is 267 g/mol. The fraction of sp³-hybridized carbons (Fsp3) is 0.0625. The smallest absolute Gasteiger partial charge is 0.202 e. The molecule has 0 aliphatic rings. The zero-order chi connectivity index (χ0) is 14.1. The molecule has 2 aromatic carbocycles. The number of nitrogen functional groups attached to an aromatic ring is 1. The maximum atomic E-state index is 12.6. The van der Waals surface area contributed by atoms with Crippen molar-refractivity contribution in [2.75, 3.05) is 12.8 Å². The van der Waals surface area contributed by atoms with Crippen molar-refractivity contribution in [2.24, 2.45) is 0 Å². The van der Waals surface area contributed by atoms with Gasteiger partial charge in [-0.3, -0.25) is 4.79 Å². The van der Waals surface area contributed by atoms with Crippen LogP contribution in [0.3, 0.4) is 0 Å². The summed E-state index contributed by atoms with van der Waals surface area (Å²) in [5, 5.41) is 0.513. The summed E-state index contributed by atoms with van der Waals surface area (Å²) in [6.45, 7) is 0. The van der Waals surface area contributed by atoms with Gasteiger partial charge in [-0.1, -0.05) is 24.3 Å². The lowest BCUT2D eigenvalue weighted by molar-refractivity contribution is 0.415. The molecule has 0 saturated carbocycles. The number of ether oxygens (including phenoxy) is 1. The van der Waals surface area contributed by atoms with Crippen LogP contribution in [0.5, 0.6) is 5.75 Å². The molecule has 4 nitrogen and oxygen atoms in total. The third-order valence-corrected chi connectivity index (χ3v) is 3.18. The Labute approximate surface area is 115 Å². The fourth-order valence-electron chi connectivity index (χ4n) is 2.21. The van der Waals surface area contributed by atoms with Gasteiger partial charge in [-0.05, 0) is 29.8 Å². The molecule has 1 heterocycles. The summed E-state index contributed by atoms with van der Waals surface area (Å²) in [5.41, 5.74) is 7.30. The Morgan fingerprint density at radius 2 is 1.90 bits per heavy atom. The Kier molecular flexibility index (Phi) is 2.91. The van der Waals surface area contributed by atoms with E-state index in [2.05, 4.69) is 0 Å².